The summed E-state index contributed by atoms with van der Waals surface area (Å²) in [5.41, 5.74) is 0.733. The summed E-state index contributed by atoms with van der Waals surface area (Å²) in [6.07, 6.45) is 6.23. The molecule has 128 valence electrons. The molecule has 0 aliphatic heterocycles. The van der Waals surface area contributed by atoms with Gasteiger partial charge in [0.2, 0.25) is 11.8 Å². The van der Waals surface area contributed by atoms with Crippen LogP contribution in [0.3, 0.4) is 0 Å². The van der Waals surface area contributed by atoms with Crippen LogP contribution < -0.4 is 10.6 Å². The first-order valence-corrected chi connectivity index (χ1v) is 7.28. The zero-order valence-corrected chi connectivity index (χ0v) is 13.4. The van der Waals surface area contributed by atoms with Gasteiger partial charge < -0.3 is 15.4 Å². The van der Waals surface area contributed by atoms with Crippen molar-refractivity contribution >= 4 is 29.1 Å². The lowest BCUT2D eigenvalue weighted by Gasteiger charge is -2.08. The summed E-state index contributed by atoms with van der Waals surface area (Å²) < 4.78 is 4.90. The summed E-state index contributed by atoms with van der Waals surface area (Å²) >= 11 is 0. The Morgan fingerprint density at radius 3 is 2.72 bits per heavy atom. The summed E-state index contributed by atoms with van der Waals surface area (Å²) in [5.74, 6) is 2.07. The number of nitro groups is 1. The van der Waals surface area contributed by atoms with Crippen LogP contribution in [0.2, 0.25) is 0 Å². The molecule has 1 aromatic carbocycles. The predicted molar refractivity (Wildman–Crippen MR) is 91.7 cm³/mol. The van der Waals surface area contributed by atoms with Gasteiger partial charge in [-0.2, -0.15) is 4.98 Å². The van der Waals surface area contributed by atoms with Crippen LogP contribution in [0.1, 0.15) is 17.3 Å². The molecule has 2 rings (SSSR count). The molecule has 1 heterocycles. The zero-order chi connectivity index (χ0) is 18.2. The fourth-order valence-electron chi connectivity index (χ4n) is 1.87. The van der Waals surface area contributed by atoms with Crippen molar-refractivity contribution in [3.05, 3.63) is 46.1 Å². The number of hydrogen-bond acceptors (Lipinski definition) is 8. The third-order valence-corrected chi connectivity index (χ3v) is 2.98. The van der Waals surface area contributed by atoms with Crippen LogP contribution in [0.5, 0.6) is 0 Å². The summed E-state index contributed by atoms with van der Waals surface area (Å²) in [6, 6.07) is 6.46. The van der Waals surface area contributed by atoms with Crippen molar-refractivity contribution in [3.8, 4) is 12.3 Å². The Kier molecular flexibility index (Phi) is 5.84. The first-order valence-electron chi connectivity index (χ1n) is 7.28. The highest BCUT2D eigenvalue weighted by atomic mass is 16.6. The average Bonchev–Trinajstić information content (AvgIpc) is 2.60. The van der Waals surface area contributed by atoms with Gasteiger partial charge in [0.25, 0.3) is 0 Å². The van der Waals surface area contributed by atoms with Gasteiger partial charge >= 0.3 is 11.7 Å². The maximum Gasteiger partial charge on any atom is 0.338 e. The van der Waals surface area contributed by atoms with Gasteiger partial charge in [0.05, 0.1) is 23.6 Å². The van der Waals surface area contributed by atoms with E-state index in [2.05, 4.69) is 26.5 Å². The van der Waals surface area contributed by atoms with E-state index in [0.29, 0.717) is 17.9 Å². The third-order valence-electron chi connectivity index (χ3n) is 2.98. The highest BCUT2D eigenvalue weighted by Gasteiger charge is 2.17. The number of benzene rings is 1. The van der Waals surface area contributed by atoms with E-state index in [1.165, 1.54) is 0 Å². The van der Waals surface area contributed by atoms with Gasteiger partial charge in [0.1, 0.15) is 6.20 Å². The molecule has 0 saturated carbocycles. The second-order valence-electron chi connectivity index (χ2n) is 4.67. The topological polar surface area (TPSA) is 119 Å². The monoisotopic (exact) mass is 341 g/mol. The number of rotatable bonds is 7. The minimum absolute atomic E-state index is 0.0172. The molecule has 9 heteroatoms. The Bertz CT molecular complexity index is 814. The first-order chi connectivity index (χ1) is 12.0. The smallest absolute Gasteiger partial charge is 0.338 e. The average molecular weight is 341 g/mol. The summed E-state index contributed by atoms with van der Waals surface area (Å²) in [7, 11) is 0. The highest BCUT2D eigenvalue weighted by molar-refractivity contribution is 5.89. The number of hydrogen-bond donors (Lipinski definition) is 2. The summed E-state index contributed by atoms with van der Waals surface area (Å²) in [5, 5.41) is 16.6. The molecule has 1 aromatic heterocycles. The largest absolute Gasteiger partial charge is 0.462 e. The number of carbonyl (C=O) groups is 1. The fourth-order valence-corrected chi connectivity index (χ4v) is 1.87. The number of anilines is 3. The minimum atomic E-state index is -0.600. The second kappa shape index (κ2) is 8.26. The van der Waals surface area contributed by atoms with Crippen LogP contribution in [0, 0.1) is 22.5 Å². The molecule has 0 atom stereocenters. The van der Waals surface area contributed by atoms with Crippen molar-refractivity contribution in [2.24, 2.45) is 0 Å². The lowest BCUT2D eigenvalue weighted by Crippen LogP contribution is -2.08. The van der Waals surface area contributed by atoms with Gasteiger partial charge in [-0.25, -0.2) is 9.78 Å². The van der Waals surface area contributed by atoms with Crippen LogP contribution in [0.4, 0.5) is 23.1 Å². The van der Waals surface area contributed by atoms with E-state index < -0.39 is 10.9 Å². The van der Waals surface area contributed by atoms with Crippen molar-refractivity contribution in [2.45, 2.75) is 6.92 Å². The Morgan fingerprint density at radius 1 is 1.40 bits per heavy atom. The maximum absolute atomic E-state index is 11.6. The molecule has 0 spiro atoms. The Labute approximate surface area is 143 Å². The number of nitrogens with one attached hydrogen (secondary N) is 2. The van der Waals surface area contributed by atoms with Crippen molar-refractivity contribution in [3.63, 3.8) is 0 Å². The lowest BCUT2D eigenvalue weighted by atomic mass is 10.2. The molecule has 0 radical (unpaired) electrons. The number of carbonyl (C=O) groups excluding carboxylic acids is 1. The van der Waals surface area contributed by atoms with Crippen molar-refractivity contribution in [2.75, 3.05) is 23.8 Å². The minimum Gasteiger partial charge on any atom is -0.462 e. The van der Waals surface area contributed by atoms with Gasteiger partial charge in [0.15, 0.2) is 0 Å². The maximum atomic E-state index is 11.6. The molecule has 0 aliphatic carbocycles. The SMILES string of the molecule is C#CCNc1nc(Nc2ccc(C(=O)OCC)cc2)ncc1[N+](=O)[O-]. The third kappa shape index (κ3) is 4.65. The normalized spacial score (nSPS) is 9.76. The molecule has 0 bridgehead atoms. The van der Waals surface area contributed by atoms with E-state index in [9.17, 15) is 14.9 Å². The van der Waals surface area contributed by atoms with E-state index in [4.69, 9.17) is 11.2 Å². The molecule has 0 saturated heterocycles. The van der Waals surface area contributed by atoms with Crippen LogP contribution >= 0.6 is 0 Å². The molecular weight excluding hydrogens is 326 g/mol. The van der Waals surface area contributed by atoms with Crippen molar-refractivity contribution in [1.29, 1.82) is 0 Å². The fraction of sp³-hybridized carbons (Fsp3) is 0.188. The van der Waals surface area contributed by atoms with E-state index >= 15 is 0 Å². The molecule has 2 N–H and O–H groups in total. The van der Waals surface area contributed by atoms with Gasteiger partial charge in [-0.1, -0.05) is 5.92 Å². The highest BCUT2D eigenvalue weighted by Crippen LogP contribution is 2.23. The first kappa shape index (κ1) is 17.7. The molecule has 0 amide bonds. The van der Waals surface area contributed by atoms with Crippen LogP contribution in [-0.4, -0.2) is 34.0 Å². The van der Waals surface area contributed by atoms with E-state index in [1.807, 2.05) is 0 Å². The standard InChI is InChI=1S/C16H15N5O4/c1-3-9-17-14-13(21(23)24)10-18-16(20-14)19-12-7-5-11(6-8-12)15(22)25-4-2/h1,5-8,10H,4,9H2,2H3,(H2,17,18,19,20). The Morgan fingerprint density at radius 2 is 2.12 bits per heavy atom. The van der Waals surface area contributed by atoms with Gasteiger partial charge in [0, 0.05) is 5.69 Å². The number of ether oxygens (including phenoxy) is 1. The lowest BCUT2D eigenvalue weighted by molar-refractivity contribution is -0.384. The quantitative estimate of drug-likeness (QED) is 0.341. The summed E-state index contributed by atoms with van der Waals surface area (Å²) in [6.45, 7) is 2.11. The van der Waals surface area contributed by atoms with Gasteiger partial charge in [-0.05, 0) is 31.2 Å². The predicted octanol–water partition coefficient (Wildman–Crippen LogP) is 2.35. The van der Waals surface area contributed by atoms with Crippen LogP contribution in [0.25, 0.3) is 0 Å². The van der Waals surface area contributed by atoms with Crippen molar-refractivity contribution in [1.82, 2.24) is 9.97 Å². The van der Waals surface area contributed by atoms with Gasteiger partial charge in [-0.3, -0.25) is 10.1 Å². The van der Waals surface area contributed by atoms with Crippen LogP contribution in [-0.2, 0) is 4.74 Å². The number of nitrogens with zero attached hydrogens (tertiary/aromatic N) is 3. The number of aromatic nitrogens is 2. The Balaban J connectivity index is 2.18. The van der Waals surface area contributed by atoms with E-state index in [-0.39, 0.29) is 24.0 Å². The molecular formula is C16H15N5O4. The summed E-state index contributed by atoms with van der Waals surface area (Å²) in [4.78, 5) is 29.9. The van der Waals surface area contributed by atoms with Crippen LogP contribution in [0.15, 0.2) is 30.5 Å². The van der Waals surface area contributed by atoms with Gasteiger partial charge in [-0.15, -0.1) is 6.42 Å². The zero-order valence-electron chi connectivity index (χ0n) is 13.4. The van der Waals surface area contributed by atoms with E-state index in [1.54, 1.807) is 31.2 Å². The molecule has 25 heavy (non-hydrogen) atoms. The molecule has 2 aromatic rings. The molecule has 0 fully saturated rings. The molecule has 0 unspecified atom stereocenters. The molecule has 9 nitrogen and oxygen atoms in total. The number of esters is 1. The number of terminal acetylenes is 1. The van der Waals surface area contributed by atoms with E-state index in [0.717, 1.165) is 6.20 Å². The van der Waals surface area contributed by atoms with Crippen molar-refractivity contribution < 1.29 is 14.5 Å². The Hall–Kier alpha value is -3.67. The molecule has 0 aliphatic rings. The second-order valence-corrected chi connectivity index (χ2v) is 4.67.